The van der Waals surface area contributed by atoms with E-state index >= 15 is 4.79 Å². The molecule has 1 saturated carbocycles. The summed E-state index contributed by atoms with van der Waals surface area (Å²) in [5.41, 5.74) is 1.43. The highest BCUT2D eigenvalue weighted by Crippen LogP contribution is 2.64. The predicted octanol–water partition coefficient (Wildman–Crippen LogP) is 7.13. The van der Waals surface area contributed by atoms with Gasteiger partial charge in [-0.2, -0.15) is 0 Å². The van der Waals surface area contributed by atoms with Crippen molar-refractivity contribution in [3.63, 3.8) is 0 Å². The van der Waals surface area contributed by atoms with Gasteiger partial charge in [0.25, 0.3) is 0 Å². The second kappa shape index (κ2) is 11.3. The van der Waals surface area contributed by atoms with Crippen molar-refractivity contribution in [3.8, 4) is 5.75 Å². The molecule has 4 aliphatic rings. The van der Waals surface area contributed by atoms with Gasteiger partial charge in [-0.1, -0.05) is 90.0 Å². The number of likely N-dealkylation sites (tertiary alicyclic amines) is 1. The zero-order valence-electron chi connectivity index (χ0n) is 25.2. The summed E-state index contributed by atoms with van der Waals surface area (Å²) in [6, 6.07) is 27.0. The summed E-state index contributed by atoms with van der Waals surface area (Å²) in [6.45, 7) is 0.207. The average molecular weight is 660 g/mol. The van der Waals surface area contributed by atoms with E-state index < -0.39 is 35.0 Å². The number of fused-ring (bicyclic) bond motifs is 4. The normalized spacial score (nSPS) is 28.4. The third-order valence-corrected chi connectivity index (χ3v) is 11.8. The van der Waals surface area contributed by atoms with E-state index in [4.69, 9.17) is 11.6 Å². The first-order valence-corrected chi connectivity index (χ1v) is 17.0. The highest BCUT2D eigenvalue weighted by atomic mass is 35.5. The number of aromatic hydroxyl groups is 1. The number of nitrogens with zero attached hydrogens (tertiary/aromatic N) is 1. The van der Waals surface area contributed by atoms with Crippen LogP contribution >= 0.6 is 22.9 Å². The zero-order valence-corrected chi connectivity index (χ0v) is 26.8. The van der Waals surface area contributed by atoms with Gasteiger partial charge in [0, 0.05) is 32.9 Å². The Morgan fingerprint density at radius 2 is 1.62 bits per heavy atom. The van der Waals surface area contributed by atoms with E-state index in [1.54, 1.807) is 12.1 Å². The molecule has 1 N–H and O–H groups in total. The molecular weight excluding hydrogens is 630 g/mol. The predicted molar refractivity (Wildman–Crippen MR) is 180 cm³/mol. The van der Waals surface area contributed by atoms with Crippen LogP contribution < -0.4 is 0 Å². The van der Waals surface area contributed by atoms with E-state index in [1.807, 2.05) is 84.3 Å². The highest BCUT2D eigenvalue weighted by Gasteiger charge is 2.66. The Morgan fingerprint density at radius 1 is 0.872 bits per heavy atom. The minimum absolute atomic E-state index is 0.0524. The fraction of sp³-hybridized carbons (Fsp3) is 0.231. The van der Waals surface area contributed by atoms with E-state index in [0.29, 0.717) is 33.7 Å². The number of hydrogen-bond donors (Lipinski definition) is 1. The van der Waals surface area contributed by atoms with Crippen LogP contribution in [0.15, 0.2) is 114 Å². The molecule has 6 atom stereocenters. The van der Waals surface area contributed by atoms with E-state index in [2.05, 4.69) is 0 Å². The zero-order chi connectivity index (χ0) is 32.4. The number of phenolic OH excluding ortho intramolecular Hbond substituents is 1. The number of hydrogen-bond acceptors (Lipinski definition) is 6. The molecule has 8 rings (SSSR count). The van der Waals surface area contributed by atoms with Gasteiger partial charge >= 0.3 is 0 Å². The summed E-state index contributed by atoms with van der Waals surface area (Å²) in [5, 5.41) is 13.7. The van der Waals surface area contributed by atoms with Gasteiger partial charge in [-0.25, -0.2) is 0 Å². The van der Waals surface area contributed by atoms with Gasteiger partial charge in [-0.05, 0) is 65.6 Å². The first-order chi connectivity index (χ1) is 22.8. The van der Waals surface area contributed by atoms with Crippen molar-refractivity contribution >= 4 is 51.9 Å². The maximum atomic E-state index is 15.0. The molecule has 1 aliphatic heterocycles. The maximum Gasteiger partial charge on any atom is 0.234 e. The highest BCUT2D eigenvalue weighted by molar-refractivity contribution is 7.09. The first-order valence-electron chi connectivity index (χ1n) is 15.8. The van der Waals surface area contributed by atoms with Crippen LogP contribution in [0.25, 0.3) is 5.57 Å². The van der Waals surface area contributed by atoms with Crippen molar-refractivity contribution in [2.45, 2.75) is 30.7 Å². The summed E-state index contributed by atoms with van der Waals surface area (Å²) in [4.78, 5) is 60.3. The first kappa shape index (κ1) is 29.8. The van der Waals surface area contributed by atoms with E-state index in [9.17, 15) is 19.5 Å². The second-order valence-electron chi connectivity index (χ2n) is 12.8. The Kier molecular flexibility index (Phi) is 7.15. The molecule has 1 aromatic heterocycles. The van der Waals surface area contributed by atoms with Crippen LogP contribution in [0.5, 0.6) is 5.75 Å². The maximum absolute atomic E-state index is 15.0. The number of carbonyl (C=O) groups excluding carboxylic acids is 4. The van der Waals surface area contributed by atoms with Crippen LogP contribution in [-0.2, 0) is 31.1 Å². The number of thiophene rings is 1. The standard InChI is InChI=1S/C39H30ClNO5S/c40-24-13-16-32(42)30(18-24)35-26-14-15-27-34(38(46)41(37(27)45)21-25-12-7-17-47-25)29(26)19-31-36(44)28(22-8-3-1-4-9-22)20-33(43)39(31,35)23-10-5-2-6-11-23/h1-14,16-18,20,27,29,31,34-35,42H,15,19,21H2. The lowest BCUT2D eigenvalue weighted by Gasteiger charge is -2.55. The number of imide groups is 1. The number of Topliss-reactive ketones (excluding diaryl/α,β-unsaturated/α-hetero) is 1. The largest absolute Gasteiger partial charge is 0.508 e. The molecule has 8 heteroatoms. The summed E-state index contributed by atoms with van der Waals surface area (Å²) in [6.07, 6.45) is 3.99. The van der Waals surface area contributed by atoms with Gasteiger partial charge in [-0.3, -0.25) is 24.1 Å². The number of benzene rings is 3. The van der Waals surface area contributed by atoms with Crippen molar-refractivity contribution in [2.24, 2.45) is 23.7 Å². The molecular formula is C39H30ClNO5S. The van der Waals surface area contributed by atoms with E-state index in [0.717, 1.165) is 10.5 Å². The number of amides is 2. The number of halogens is 1. The van der Waals surface area contributed by atoms with Crippen LogP contribution in [0.3, 0.4) is 0 Å². The van der Waals surface area contributed by atoms with Crippen LogP contribution in [0.2, 0.25) is 5.02 Å². The van der Waals surface area contributed by atoms with Crippen molar-refractivity contribution in [1.29, 1.82) is 0 Å². The number of ketones is 2. The Hall–Kier alpha value is -4.59. The fourth-order valence-electron chi connectivity index (χ4n) is 8.75. The molecule has 234 valence electrons. The Labute approximate surface area is 281 Å². The van der Waals surface area contributed by atoms with Gasteiger partial charge in [-0.15, -0.1) is 11.3 Å². The molecule has 6 unspecified atom stereocenters. The van der Waals surface area contributed by atoms with E-state index in [1.165, 1.54) is 28.4 Å². The number of phenols is 1. The van der Waals surface area contributed by atoms with Crippen LogP contribution in [0.1, 0.15) is 40.3 Å². The fourth-order valence-corrected chi connectivity index (χ4v) is 9.63. The van der Waals surface area contributed by atoms with E-state index in [-0.39, 0.29) is 42.1 Å². The molecule has 3 aromatic carbocycles. The number of allylic oxidation sites excluding steroid dienone is 4. The topological polar surface area (TPSA) is 91.8 Å². The molecule has 4 aromatic rings. The molecule has 0 bridgehead atoms. The summed E-state index contributed by atoms with van der Waals surface area (Å²) >= 11 is 8.06. The van der Waals surface area contributed by atoms with Gasteiger partial charge in [0.1, 0.15) is 5.75 Å². The SMILES string of the molecule is O=C1C(c2ccccc2)=CC(=O)C2(c3ccccc3)C1CC1C(=CCC3C(=O)N(Cc4cccs4)C(=O)C31)C2c1cc(Cl)ccc1O. The van der Waals surface area contributed by atoms with Crippen LogP contribution in [-0.4, -0.2) is 33.4 Å². The molecule has 0 spiro atoms. The molecule has 2 fully saturated rings. The molecule has 2 amide bonds. The summed E-state index contributed by atoms with van der Waals surface area (Å²) in [7, 11) is 0. The Bertz CT molecular complexity index is 2000. The molecule has 47 heavy (non-hydrogen) atoms. The Balaban J connectivity index is 1.36. The van der Waals surface area contributed by atoms with Gasteiger partial charge in [0.2, 0.25) is 11.8 Å². The smallest absolute Gasteiger partial charge is 0.234 e. The quantitative estimate of drug-likeness (QED) is 0.182. The lowest BCUT2D eigenvalue weighted by molar-refractivity contribution is -0.141. The second-order valence-corrected chi connectivity index (χ2v) is 14.3. The number of rotatable bonds is 5. The minimum atomic E-state index is -1.42. The number of carbonyl (C=O) groups is 4. The van der Waals surface area contributed by atoms with Gasteiger partial charge < -0.3 is 5.11 Å². The molecule has 1 saturated heterocycles. The third kappa shape index (κ3) is 4.44. The van der Waals surface area contributed by atoms with Gasteiger partial charge in [0.05, 0.1) is 23.8 Å². The average Bonchev–Trinajstić information content (AvgIpc) is 3.70. The minimum Gasteiger partial charge on any atom is -0.508 e. The van der Waals surface area contributed by atoms with Crippen LogP contribution in [0.4, 0.5) is 0 Å². The monoisotopic (exact) mass is 659 g/mol. The van der Waals surface area contributed by atoms with Crippen LogP contribution in [0, 0.1) is 23.7 Å². The van der Waals surface area contributed by atoms with Crippen molar-refractivity contribution < 1.29 is 24.3 Å². The molecule has 3 aliphatic carbocycles. The van der Waals surface area contributed by atoms with Gasteiger partial charge in [0.15, 0.2) is 11.6 Å². The molecule has 6 nitrogen and oxygen atoms in total. The third-order valence-electron chi connectivity index (χ3n) is 10.7. The summed E-state index contributed by atoms with van der Waals surface area (Å²) in [5.74, 6) is -4.39. The van der Waals surface area contributed by atoms with Crippen molar-refractivity contribution in [1.82, 2.24) is 4.90 Å². The lowest BCUT2D eigenvalue weighted by atomic mass is 9.44. The lowest BCUT2D eigenvalue weighted by Crippen LogP contribution is -2.58. The summed E-state index contributed by atoms with van der Waals surface area (Å²) < 4.78 is 0. The molecule has 2 heterocycles. The van der Waals surface area contributed by atoms with Crippen molar-refractivity contribution in [3.05, 3.63) is 141 Å². The Morgan fingerprint density at radius 3 is 2.34 bits per heavy atom. The van der Waals surface area contributed by atoms with Crippen molar-refractivity contribution in [2.75, 3.05) is 0 Å². The molecule has 0 radical (unpaired) electrons.